The molecule has 0 aliphatic heterocycles. The zero-order valence-corrected chi connectivity index (χ0v) is 12.4. The van der Waals surface area contributed by atoms with Crippen molar-refractivity contribution in [2.24, 2.45) is 0 Å². The van der Waals surface area contributed by atoms with Crippen LogP contribution in [0.25, 0.3) is 0 Å². The van der Waals surface area contributed by atoms with Crippen molar-refractivity contribution >= 4 is 11.6 Å². The number of nitrogens with zero attached hydrogens (tertiary/aromatic N) is 1. The van der Waals surface area contributed by atoms with Crippen LogP contribution in [0.3, 0.4) is 0 Å². The van der Waals surface area contributed by atoms with Crippen LogP contribution < -0.4 is 14.8 Å². The Bertz CT molecular complexity index is 693. The molecule has 5 nitrogen and oxygen atoms in total. The monoisotopic (exact) mass is 296 g/mol. The molecule has 0 saturated heterocycles. The van der Waals surface area contributed by atoms with E-state index in [9.17, 15) is 4.79 Å². The Balaban J connectivity index is 2.07. The molecule has 2 rings (SSSR count). The highest BCUT2D eigenvalue weighted by molar-refractivity contribution is 5.94. The van der Waals surface area contributed by atoms with Gasteiger partial charge in [-0.2, -0.15) is 5.26 Å². The third-order valence-electron chi connectivity index (χ3n) is 3.01. The van der Waals surface area contributed by atoms with Gasteiger partial charge in [0, 0.05) is 11.8 Å². The van der Waals surface area contributed by atoms with Crippen LogP contribution in [0.4, 0.5) is 5.69 Å². The van der Waals surface area contributed by atoms with Gasteiger partial charge in [-0.15, -0.1) is 0 Å². The first kappa shape index (κ1) is 15.4. The number of methoxy groups -OCH3 is 1. The molecule has 1 unspecified atom stereocenters. The minimum Gasteiger partial charge on any atom is -0.493 e. The van der Waals surface area contributed by atoms with Gasteiger partial charge in [-0.3, -0.25) is 4.79 Å². The lowest BCUT2D eigenvalue weighted by atomic mass is 10.2. The molecule has 0 saturated carbocycles. The maximum Gasteiger partial charge on any atom is 0.265 e. The molecule has 5 heteroatoms. The Labute approximate surface area is 129 Å². The smallest absolute Gasteiger partial charge is 0.265 e. The number of para-hydroxylation sites is 1. The maximum atomic E-state index is 12.1. The van der Waals surface area contributed by atoms with Crippen LogP contribution in [0.1, 0.15) is 12.5 Å². The molecule has 1 atom stereocenters. The number of nitriles is 1. The van der Waals surface area contributed by atoms with Gasteiger partial charge >= 0.3 is 0 Å². The van der Waals surface area contributed by atoms with E-state index in [2.05, 4.69) is 5.32 Å². The molecule has 0 spiro atoms. The largest absolute Gasteiger partial charge is 0.493 e. The number of benzene rings is 2. The summed E-state index contributed by atoms with van der Waals surface area (Å²) in [6.45, 7) is 1.65. The van der Waals surface area contributed by atoms with Crippen molar-refractivity contribution < 1.29 is 14.3 Å². The van der Waals surface area contributed by atoms with Crippen molar-refractivity contribution in [2.45, 2.75) is 13.0 Å². The zero-order valence-electron chi connectivity index (χ0n) is 12.4. The predicted molar refractivity (Wildman–Crippen MR) is 82.9 cm³/mol. The van der Waals surface area contributed by atoms with E-state index in [0.717, 1.165) is 0 Å². The van der Waals surface area contributed by atoms with Crippen molar-refractivity contribution in [3.8, 4) is 17.6 Å². The highest BCUT2D eigenvalue weighted by Gasteiger charge is 2.17. The molecule has 1 N–H and O–H groups in total. The van der Waals surface area contributed by atoms with E-state index in [1.54, 1.807) is 37.3 Å². The maximum absolute atomic E-state index is 12.1. The average molecular weight is 296 g/mol. The normalized spacial score (nSPS) is 11.1. The molecule has 0 bridgehead atoms. The van der Waals surface area contributed by atoms with Gasteiger partial charge in [-0.1, -0.05) is 18.2 Å². The third-order valence-corrected chi connectivity index (χ3v) is 3.01. The molecule has 0 aliphatic carbocycles. The summed E-state index contributed by atoms with van der Waals surface area (Å²) in [6.07, 6.45) is -0.706. The summed E-state index contributed by atoms with van der Waals surface area (Å²) in [4.78, 5) is 12.1. The van der Waals surface area contributed by atoms with Gasteiger partial charge < -0.3 is 14.8 Å². The summed E-state index contributed by atoms with van der Waals surface area (Å²) in [5.41, 5.74) is 1.17. The summed E-state index contributed by atoms with van der Waals surface area (Å²) >= 11 is 0. The SMILES string of the molecule is COc1cc(C#N)ccc1OC(C)C(=O)Nc1ccccc1. The van der Waals surface area contributed by atoms with Crippen LogP contribution in [0, 0.1) is 11.3 Å². The van der Waals surface area contributed by atoms with Gasteiger partial charge in [0.25, 0.3) is 5.91 Å². The van der Waals surface area contributed by atoms with Gasteiger partial charge in [0.15, 0.2) is 17.6 Å². The van der Waals surface area contributed by atoms with Gasteiger partial charge in [0.1, 0.15) is 0 Å². The van der Waals surface area contributed by atoms with Crippen LogP contribution in [-0.4, -0.2) is 19.1 Å². The minimum atomic E-state index is -0.706. The second-order valence-electron chi connectivity index (χ2n) is 4.59. The fourth-order valence-electron chi connectivity index (χ4n) is 1.84. The molecule has 112 valence electrons. The number of nitrogens with one attached hydrogen (secondary N) is 1. The van der Waals surface area contributed by atoms with Crippen molar-refractivity contribution in [1.29, 1.82) is 5.26 Å². The summed E-state index contributed by atoms with van der Waals surface area (Å²) in [7, 11) is 1.48. The highest BCUT2D eigenvalue weighted by Crippen LogP contribution is 2.28. The van der Waals surface area contributed by atoms with Crippen LogP contribution in [0.2, 0.25) is 0 Å². The molecular formula is C17H16N2O3. The average Bonchev–Trinajstić information content (AvgIpc) is 2.56. The van der Waals surface area contributed by atoms with Crippen LogP contribution in [0.5, 0.6) is 11.5 Å². The Kier molecular flexibility index (Phi) is 4.99. The van der Waals surface area contributed by atoms with E-state index < -0.39 is 6.10 Å². The number of rotatable bonds is 5. The molecule has 22 heavy (non-hydrogen) atoms. The van der Waals surface area contributed by atoms with Gasteiger partial charge in [0.2, 0.25) is 0 Å². The Morgan fingerprint density at radius 3 is 2.55 bits per heavy atom. The van der Waals surface area contributed by atoms with Crippen molar-refractivity contribution in [1.82, 2.24) is 0 Å². The number of hydrogen-bond donors (Lipinski definition) is 1. The van der Waals surface area contributed by atoms with E-state index in [0.29, 0.717) is 22.7 Å². The molecule has 1 amide bonds. The third kappa shape index (κ3) is 3.76. The Morgan fingerprint density at radius 1 is 1.18 bits per heavy atom. The van der Waals surface area contributed by atoms with Crippen LogP contribution in [-0.2, 0) is 4.79 Å². The Hall–Kier alpha value is -3.00. The first-order chi connectivity index (χ1) is 10.6. The lowest BCUT2D eigenvalue weighted by molar-refractivity contribution is -0.122. The molecule has 2 aromatic rings. The van der Waals surface area contributed by atoms with Crippen molar-refractivity contribution in [2.75, 3.05) is 12.4 Å². The fourth-order valence-corrected chi connectivity index (χ4v) is 1.84. The van der Waals surface area contributed by atoms with Crippen molar-refractivity contribution in [3.05, 3.63) is 54.1 Å². The number of hydrogen-bond acceptors (Lipinski definition) is 4. The molecule has 0 radical (unpaired) electrons. The summed E-state index contributed by atoms with van der Waals surface area (Å²) in [5, 5.41) is 11.6. The van der Waals surface area contributed by atoms with E-state index in [1.807, 2.05) is 24.3 Å². The van der Waals surface area contributed by atoms with Gasteiger partial charge in [-0.05, 0) is 31.2 Å². The second kappa shape index (κ2) is 7.14. The van der Waals surface area contributed by atoms with Crippen LogP contribution in [0.15, 0.2) is 48.5 Å². The number of ether oxygens (including phenoxy) is 2. The Morgan fingerprint density at radius 2 is 1.91 bits per heavy atom. The van der Waals surface area contributed by atoms with Crippen molar-refractivity contribution in [3.63, 3.8) is 0 Å². The number of carbonyl (C=O) groups excluding carboxylic acids is 1. The summed E-state index contributed by atoms with van der Waals surface area (Å²) < 4.78 is 10.8. The first-order valence-electron chi connectivity index (χ1n) is 6.74. The number of anilines is 1. The lowest BCUT2D eigenvalue weighted by Crippen LogP contribution is -2.30. The lowest BCUT2D eigenvalue weighted by Gasteiger charge is -2.16. The molecule has 0 fully saturated rings. The predicted octanol–water partition coefficient (Wildman–Crippen LogP) is 2.97. The highest BCUT2D eigenvalue weighted by atomic mass is 16.5. The quantitative estimate of drug-likeness (QED) is 0.920. The van der Waals surface area contributed by atoms with Gasteiger partial charge in [0.05, 0.1) is 18.7 Å². The topological polar surface area (TPSA) is 71.3 Å². The molecular weight excluding hydrogens is 280 g/mol. The number of carbonyl (C=O) groups is 1. The van der Waals surface area contributed by atoms with E-state index >= 15 is 0 Å². The van der Waals surface area contributed by atoms with E-state index in [-0.39, 0.29) is 5.91 Å². The molecule has 0 heterocycles. The standard InChI is InChI=1S/C17H16N2O3/c1-12(17(20)19-14-6-4-3-5-7-14)22-15-9-8-13(11-18)10-16(15)21-2/h3-10,12H,1-2H3,(H,19,20). The number of amides is 1. The molecule has 0 aliphatic rings. The van der Waals surface area contributed by atoms with Crippen LogP contribution >= 0.6 is 0 Å². The fraction of sp³-hybridized carbons (Fsp3) is 0.176. The second-order valence-corrected chi connectivity index (χ2v) is 4.59. The van der Waals surface area contributed by atoms with E-state index in [4.69, 9.17) is 14.7 Å². The summed E-state index contributed by atoms with van der Waals surface area (Å²) in [6, 6.07) is 16.0. The van der Waals surface area contributed by atoms with Gasteiger partial charge in [-0.25, -0.2) is 0 Å². The first-order valence-corrected chi connectivity index (χ1v) is 6.74. The zero-order chi connectivity index (χ0) is 15.9. The summed E-state index contributed by atoms with van der Waals surface area (Å²) in [5.74, 6) is 0.563. The molecule has 2 aromatic carbocycles. The minimum absolute atomic E-state index is 0.266. The molecule has 0 aromatic heterocycles. The van der Waals surface area contributed by atoms with E-state index in [1.165, 1.54) is 7.11 Å².